The van der Waals surface area contributed by atoms with E-state index >= 15 is 0 Å². The summed E-state index contributed by atoms with van der Waals surface area (Å²) in [6.45, 7) is 10.8. The monoisotopic (exact) mass is 229 g/mol. The topological polar surface area (TPSA) is 21.3 Å². The highest BCUT2D eigenvalue weighted by Gasteiger charge is 1.93. The van der Waals surface area contributed by atoms with Gasteiger partial charge in [0, 0.05) is 13.2 Å². The van der Waals surface area contributed by atoms with Crippen LogP contribution in [0.1, 0.15) is 59.3 Å². The standard InChI is InChI=1S/C14H31NO/c1-4-5-6-7-8-11-16-12-9-10-15-13-14(2)3/h14-15H,4-13H2,1-3H3. The first-order valence-electron chi connectivity index (χ1n) is 7.05. The molecule has 0 fully saturated rings. The van der Waals surface area contributed by atoms with Crippen LogP contribution < -0.4 is 5.32 Å². The highest BCUT2D eigenvalue weighted by molar-refractivity contribution is 4.51. The molecule has 98 valence electrons. The molecule has 0 bridgehead atoms. The number of hydrogen-bond acceptors (Lipinski definition) is 2. The molecule has 0 aromatic carbocycles. The molecular weight excluding hydrogens is 198 g/mol. The SMILES string of the molecule is CCCCCCCOCCCNCC(C)C. The Balaban J connectivity index is 2.88. The largest absolute Gasteiger partial charge is 0.381 e. The van der Waals surface area contributed by atoms with Crippen LogP contribution >= 0.6 is 0 Å². The van der Waals surface area contributed by atoms with Crippen LogP contribution in [0, 0.1) is 5.92 Å². The number of rotatable bonds is 12. The fourth-order valence-electron chi connectivity index (χ4n) is 1.60. The summed E-state index contributed by atoms with van der Waals surface area (Å²) in [5.74, 6) is 0.750. The summed E-state index contributed by atoms with van der Waals surface area (Å²) in [4.78, 5) is 0. The predicted octanol–water partition coefficient (Wildman–Crippen LogP) is 3.61. The first-order chi connectivity index (χ1) is 7.77. The predicted molar refractivity (Wildman–Crippen MR) is 71.9 cm³/mol. The third kappa shape index (κ3) is 13.9. The lowest BCUT2D eigenvalue weighted by atomic mass is 10.2. The average Bonchev–Trinajstić information content (AvgIpc) is 2.25. The van der Waals surface area contributed by atoms with Crippen molar-refractivity contribution in [2.24, 2.45) is 5.92 Å². The molecule has 16 heavy (non-hydrogen) atoms. The maximum Gasteiger partial charge on any atom is 0.0478 e. The molecule has 0 aliphatic carbocycles. The molecule has 0 saturated heterocycles. The van der Waals surface area contributed by atoms with Crippen molar-refractivity contribution < 1.29 is 4.74 Å². The van der Waals surface area contributed by atoms with Gasteiger partial charge in [0.15, 0.2) is 0 Å². The third-order valence-electron chi connectivity index (χ3n) is 2.59. The van der Waals surface area contributed by atoms with Crippen LogP contribution in [0.15, 0.2) is 0 Å². The first-order valence-corrected chi connectivity index (χ1v) is 7.05. The normalized spacial score (nSPS) is 11.2. The zero-order valence-electron chi connectivity index (χ0n) is 11.6. The van der Waals surface area contributed by atoms with Crippen molar-refractivity contribution in [1.29, 1.82) is 0 Å². The second-order valence-electron chi connectivity index (χ2n) is 4.98. The van der Waals surface area contributed by atoms with Crippen molar-refractivity contribution in [3.8, 4) is 0 Å². The summed E-state index contributed by atoms with van der Waals surface area (Å²) in [6, 6.07) is 0. The summed E-state index contributed by atoms with van der Waals surface area (Å²) >= 11 is 0. The minimum Gasteiger partial charge on any atom is -0.381 e. The van der Waals surface area contributed by atoms with Gasteiger partial charge in [-0.3, -0.25) is 0 Å². The van der Waals surface area contributed by atoms with Crippen molar-refractivity contribution in [2.45, 2.75) is 59.3 Å². The van der Waals surface area contributed by atoms with Crippen molar-refractivity contribution in [3.63, 3.8) is 0 Å². The Labute approximate surface area is 102 Å². The lowest BCUT2D eigenvalue weighted by Gasteiger charge is -2.07. The van der Waals surface area contributed by atoms with Crippen LogP contribution in [0.5, 0.6) is 0 Å². The molecule has 0 amide bonds. The molecule has 0 saturated carbocycles. The summed E-state index contributed by atoms with van der Waals surface area (Å²) < 4.78 is 5.58. The highest BCUT2D eigenvalue weighted by atomic mass is 16.5. The molecule has 1 N–H and O–H groups in total. The van der Waals surface area contributed by atoms with Crippen LogP contribution in [-0.4, -0.2) is 26.3 Å². The molecule has 2 nitrogen and oxygen atoms in total. The highest BCUT2D eigenvalue weighted by Crippen LogP contribution is 2.02. The van der Waals surface area contributed by atoms with Crippen molar-refractivity contribution in [1.82, 2.24) is 5.32 Å². The van der Waals surface area contributed by atoms with Crippen molar-refractivity contribution >= 4 is 0 Å². The molecule has 0 aromatic heterocycles. The van der Waals surface area contributed by atoms with E-state index in [1.54, 1.807) is 0 Å². The van der Waals surface area contributed by atoms with E-state index in [1.165, 1.54) is 32.1 Å². The molecule has 0 atom stereocenters. The quantitative estimate of drug-likeness (QED) is 0.516. The Kier molecular flexibility index (Phi) is 12.9. The average molecular weight is 229 g/mol. The zero-order valence-corrected chi connectivity index (χ0v) is 11.6. The Bertz CT molecular complexity index is 126. The van der Waals surface area contributed by atoms with E-state index in [1.807, 2.05) is 0 Å². The Morgan fingerprint density at radius 3 is 2.31 bits per heavy atom. The number of nitrogens with one attached hydrogen (secondary N) is 1. The van der Waals surface area contributed by atoms with E-state index < -0.39 is 0 Å². The van der Waals surface area contributed by atoms with Crippen molar-refractivity contribution in [3.05, 3.63) is 0 Å². The molecule has 0 unspecified atom stereocenters. The van der Waals surface area contributed by atoms with Gasteiger partial charge in [0.2, 0.25) is 0 Å². The molecule has 0 radical (unpaired) electrons. The summed E-state index contributed by atoms with van der Waals surface area (Å²) in [5.41, 5.74) is 0. The molecule has 0 aliphatic heterocycles. The second kappa shape index (κ2) is 13.0. The van der Waals surface area contributed by atoms with Gasteiger partial charge in [-0.2, -0.15) is 0 Å². The van der Waals surface area contributed by atoms with E-state index in [0.29, 0.717) is 0 Å². The van der Waals surface area contributed by atoms with Gasteiger partial charge < -0.3 is 10.1 Å². The number of ether oxygens (including phenoxy) is 1. The smallest absolute Gasteiger partial charge is 0.0478 e. The molecular formula is C14H31NO. The fourth-order valence-corrected chi connectivity index (χ4v) is 1.60. The van der Waals surface area contributed by atoms with Gasteiger partial charge in [-0.05, 0) is 31.8 Å². The molecule has 0 heterocycles. The van der Waals surface area contributed by atoms with E-state index in [0.717, 1.165) is 38.6 Å². The third-order valence-corrected chi connectivity index (χ3v) is 2.59. The molecule has 0 aliphatic rings. The molecule has 2 heteroatoms. The molecule has 0 spiro atoms. The maximum absolute atomic E-state index is 5.58. The van der Waals surface area contributed by atoms with Crippen LogP contribution in [0.2, 0.25) is 0 Å². The first kappa shape index (κ1) is 15.9. The lowest BCUT2D eigenvalue weighted by Crippen LogP contribution is -2.21. The lowest BCUT2D eigenvalue weighted by molar-refractivity contribution is 0.127. The summed E-state index contributed by atoms with van der Waals surface area (Å²) in [5, 5.41) is 3.42. The second-order valence-corrected chi connectivity index (χ2v) is 4.98. The Hall–Kier alpha value is -0.0800. The zero-order chi connectivity index (χ0) is 12.1. The van der Waals surface area contributed by atoms with Gasteiger partial charge in [0.05, 0.1) is 0 Å². The van der Waals surface area contributed by atoms with Gasteiger partial charge >= 0.3 is 0 Å². The Morgan fingerprint density at radius 1 is 0.938 bits per heavy atom. The molecule has 0 aromatic rings. The van der Waals surface area contributed by atoms with E-state index in [4.69, 9.17) is 4.74 Å². The van der Waals surface area contributed by atoms with E-state index in [9.17, 15) is 0 Å². The van der Waals surface area contributed by atoms with Crippen LogP contribution in [0.4, 0.5) is 0 Å². The van der Waals surface area contributed by atoms with Crippen LogP contribution in [0.25, 0.3) is 0 Å². The van der Waals surface area contributed by atoms with Gasteiger partial charge in [-0.25, -0.2) is 0 Å². The van der Waals surface area contributed by atoms with Crippen LogP contribution in [0.3, 0.4) is 0 Å². The van der Waals surface area contributed by atoms with Gasteiger partial charge in [0.25, 0.3) is 0 Å². The molecule has 0 rings (SSSR count). The number of hydrogen-bond donors (Lipinski definition) is 1. The Morgan fingerprint density at radius 2 is 1.62 bits per heavy atom. The minimum absolute atomic E-state index is 0.750. The van der Waals surface area contributed by atoms with Crippen molar-refractivity contribution in [2.75, 3.05) is 26.3 Å². The summed E-state index contributed by atoms with van der Waals surface area (Å²) in [6.07, 6.45) is 7.78. The van der Waals surface area contributed by atoms with Crippen LogP contribution in [-0.2, 0) is 4.74 Å². The van der Waals surface area contributed by atoms with E-state index in [-0.39, 0.29) is 0 Å². The number of unbranched alkanes of at least 4 members (excludes halogenated alkanes) is 4. The van der Waals surface area contributed by atoms with Gasteiger partial charge in [0.1, 0.15) is 0 Å². The van der Waals surface area contributed by atoms with Gasteiger partial charge in [-0.1, -0.05) is 46.5 Å². The fraction of sp³-hybridized carbons (Fsp3) is 1.00. The van der Waals surface area contributed by atoms with E-state index in [2.05, 4.69) is 26.1 Å². The van der Waals surface area contributed by atoms with Gasteiger partial charge in [-0.15, -0.1) is 0 Å². The minimum atomic E-state index is 0.750. The maximum atomic E-state index is 5.58. The summed E-state index contributed by atoms with van der Waals surface area (Å²) in [7, 11) is 0.